The molecule has 2 atom stereocenters. The smallest absolute Gasteiger partial charge is 0.147 e. The van der Waals surface area contributed by atoms with E-state index in [1.807, 2.05) is 0 Å². The van der Waals surface area contributed by atoms with Crippen LogP contribution in [0.2, 0.25) is 0 Å². The van der Waals surface area contributed by atoms with E-state index in [1.54, 1.807) is 0 Å². The molecule has 7 heteroatoms. The Balaban J connectivity index is 0.00000465. The predicted molar refractivity (Wildman–Crippen MR) is 451 cm³/mol. The van der Waals surface area contributed by atoms with Gasteiger partial charge in [0.15, 0.2) is 0 Å². The maximum atomic E-state index is 13.6. The topological polar surface area (TPSA) is 68.8 Å². The molecular formula is C98H132HfN2O4-2. The van der Waals surface area contributed by atoms with Crippen LogP contribution in [0, 0.1) is 37.5 Å². The normalized spacial score (nSPS) is 15.5. The molecule has 10 aromatic rings. The molecule has 0 aliphatic heterocycles. The van der Waals surface area contributed by atoms with Crippen LogP contribution in [-0.2, 0) is 69.2 Å². The summed E-state index contributed by atoms with van der Waals surface area (Å²) in [5.41, 5.74) is 17.8. The summed E-state index contributed by atoms with van der Waals surface area (Å²) in [7, 11) is 0. The van der Waals surface area contributed by atoms with Crippen molar-refractivity contribution in [1.82, 2.24) is 9.13 Å². The second-order valence-corrected chi connectivity index (χ2v) is 41.0. The molecule has 2 N–H and O–H groups in total. The van der Waals surface area contributed by atoms with E-state index < -0.39 is 0 Å². The molecular weight excluding hydrogens is 1450 g/mol. The van der Waals surface area contributed by atoms with Crippen LogP contribution in [-0.4, -0.2) is 32.6 Å². The Morgan fingerprint density at radius 1 is 0.314 bits per heavy atom. The molecule has 1 saturated carbocycles. The number of benzene rings is 8. The quantitative estimate of drug-likeness (QED) is 0.0841. The molecule has 1 aliphatic rings. The van der Waals surface area contributed by atoms with Crippen molar-refractivity contribution in [2.24, 2.45) is 22.7 Å². The minimum absolute atomic E-state index is 0. The number of aromatic nitrogens is 2. The van der Waals surface area contributed by atoms with Gasteiger partial charge in [-0.2, -0.15) is 0 Å². The first-order valence-corrected chi connectivity index (χ1v) is 38.4. The number of aromatic hydroxyl groups is 2. The summed E-state index contributed by atoms with van der Waals surface area (Å²) in [5.74, 6) is 2.38. The van der Waals surface area contributed by atoms with Crippen LogP contribution >= 0.6 is 0 Å². The van der Waals surface area contributed by atoms with E-state index >= 15 is 0 Å². The van der Waals surface area contributed by atoms with Crippen molar-refractivity contribution in [1.29, 1.82) is 0 Å². The van der Waals surface area contributed by atoms with E-state index in [2.05, 4.69) is 336 Å². The van der Waals surface area contributed by atoms with Gasteiger partial charge >= 0.3 is 0 Å². The predicted octanol–water partition coefficient (Wildman–Crippen LogP) is 28.0. The van der Waals surface area contributed by atoms with Gasteiger partial charge in [-0.15, -0.1) is 0 Å². The zero-order chi connectivity index (χ0) is 74.9. The fraction of sp³-hybridized carbons (Fsp3) is 0.490. The summed E-state index contributed by atoms with van der Waals surface area (Å²) in [6.45, 7) is 65.6. The Hall–Kier alpha value is -6.57. The second kappa shape index (κ2) is 29.4. The third-order valence-electron chi connectivity index (χ3n) is 22.4. The minimum atomic E-state index is -0.273. The Labute approximate surface area is 654 Å². The van der Waals surface area contributed by atoms with Gasteiger partial charge in [-0.25, -0.2) is 0 Å². The van der Waals surface area contributed by atoms with Crippen LogP contribution in [0.4, 0.5) is 0 Å². The summed E-state index contributed by atoms with van der Waals surface area (Å²) in [6, 6.07) is 50.3. The molecule has 1 aliphatic carbocycles. The first kappa shape index (κ1) is 84.1. The summed E-state index contributed by atoms with van der Waals surface area (Å²) in [4.78, 5) is 0. The summed E-state index contributed by atoms with van der Waals surface area (Å²) in [5, 5.41) is 31.9. The largest absolute Gasteiger partial charge is 0.505 e. The van der Waals surface area contributed by atoms with E-state index in [0.29, 0.717) is 13.2 Å². The number of phenols is 2. The van der Waals surface area contributed by atoms with Gasteiger partial charge < -0.3 is 43.7 Å². The van der Waals surface area contributed by atoms with Crippen LogP contribution < -0.4 is 9.47 Å². The number of hydrogen-bond donors (Lipinski definition) is 2. The van der Waals surface area contributed by atoms with Crippen molar-refractivity contribution < 1.29 is 45.5 Å². The zero-order valence-corrected chi connectivity index (χ0v) is 74.2. The van der Waals surface area contributed by atoms with E-state index in [9.17, 15) is 10.2 Å². The molecule has 1 fully saturated rings. The zero-order valence-electron chi connectivity index (χ0n) is 70.6. The molecule has 0 amide bonds. The molecule has 11 rings (SSSR count). The van der Waals surface area contributed by atoms with Crippen LogP contribution in [0.1, 0.15) is 277 Å². The third kappa shape index (κ3) is 17.6. The van der Waals surface area contributed by atoms with Gasteiger partial charge in [0.25, 0.3) is 0 Å². The van der Waals surface area contributed by atoms with Gasteiger partial charge in [-0.05, 0) is 233 Å². The standard InChI is InChI=1S/C96H126N2O4.2CH3.Hf/c1-87(2,3)57-95(25,26)67-51-75(85(99)81(53-67)97-77-39-33-61(89(7,8)9)45-69(77)70-46-62(90(10,11)12)34-40-78(70)97)73-49-65(93(19,20)21)37-43-83(73)101-55-59-31-29-30-32-60(59)56-102-84-44-38-66(94(22,23)24)50-74(84)76-52-68(96(27,28)58-88(4,5)6)54-82(86(76)100)98-79-41-35-63(91(13,14)15)47-71(79)72-48-64(92(16,17)18)36-42-80(72)98;;;/h33-54,59-60,99-100H,29-32,55-58H2,1-28H3;2*1H3;/q;2*-1;/t59-,60+;;;. The van der Waals surface area contributed by atoms with Crippen LogP contribution in [0.25, 0.3) is 77.2 Å². The number of hydrogen-bond acceptors (Lipinski definition) is 4. The van der Waals surface area contributed by atoms with Crippen molar-refractivity contribution in [2.75, 3.05) is 13.2 Å². The van der Waals surface area contributed by atoms with Crippen LogP contribution in [0.3, 0.4) is 0 Å². The number of nitrogens with zero attached hydrogens (tertiary/aromatic N) is 2. The van der Waals surface area contributed by atoms with Gasteiger partial charge in [-0.1, -0.05) is 243 Å². The molecule has 0 saturated heterocycles. The fourth-order valence-electron chi connectivity index (χ4n) is 16.8. The number of ether oxygens (including phenoxy) is 2. The van der Waals surface area contributed by atoms with Gasteiger partial charge in [0.1, 0.15) is 23.0 Å². The van der Waals surface area contributed by atoms with Gasteiger partial charge in [0, 0.05) is 69.6 Å². The molecule has 6 nitrogen and oxygen atoms in total. The van der Waals surface area contributed by atoms with Crippen molar-refractivity contribution in [3.63, 3.8) is 0 Å². The first-order chi connectivity index (χ1) is 46.9. The summed E-state index contributed by atoms with van der Waals surface area (Å²) >= 11 is 0. The Kier molecular flexibility index (Phi) is 23.6. The monoisotopic (exact) mass is 1580 g/mol. The molecule has 0 radical (unpaired) electrons. The molecule has 0 spiro atoms. The third-order valence-corrected chi connectivity index (χ3v) is 22.4. The summed E-state index contributed by atoms with van der Waals surface area (Å²) < 4.78 is 19.5. The number of fused-ring (bicyclic) bond motifs is 6. The average molecular weight is 1580 g/mol. The van der Waals surface area contributed by atoms with Crippen molar-refractivity contribution in [3.05, 3.63) is 193 Å². The van der Waals surface area contributed by atoms with E-state index in [0.717, 1.165) is 106 Å². The molecule has 105 heavy (non-hydrogen) atoms. The second-order valence-electron chi connectivity index (χ2n) is 41.0. The number of rotatable bonds is 14. The van der Waals surface area contributed by atoms with E-state index in [4.69, 9.17) is 9.47 Å². The molecule has 2 heterocycles. The SMILES string of the molecule is CC(C)(C)CC(C)(C)c1cc(-c2cc(C(C)(C)C)ccc2OC[C@H]2CCCC[C@H]2COc2ccc(C(C)(C)C)cc2-c2cc(C(C)(C)CC(C)(C)C)cc(-n3c4ccc(C(C)(C)C)cc4c4cc(C(C)(C)C)ccc43)c2O)c(O)c(-n2c3ccc(C(C)(C)C)cc3c3cc(C(C)(C)C)ccc32)c1.[CH3-].[CH3-].[Hf]. The fourth-order valence-corrected chi connectivity index (χ4v) is 16.8. The molecule has 0 unspecified atom stereocenters. The minimum Gasteiger partial charge on any atom is -0.505 e. The van der Waals surface area contributed by atoms with Crippen molar-refractivity contribution in [2.45, 2.75) is 276 Å². The van der Waals surface area contributed by atoms with E-state index in [-0.39, 0.29) is 118 Å². The molecule has 2 aromatic heterocycles. The van der Waals surface area contributed by atoms with Gasteiger partial charge in [-0.3, -0.25) is 0 Å². The first-order valence-electron chi connectivity index (χ1n) is 38.4. The van der Waals surface area contributed by atoms with Crippen molar-refractivity contribution >= 4 is 43.6 Å². The Bertz CT molecular complexity index is 4360. The van der Waals surface area contributed by atoms with Crippen molar-refractivity contribution in [3.8, 4) is 56.6 Å². The molecule has 564 valence electrons. The maximum Gasteiger partial charge on any atom is 0.147 e. The Morgan fingerprint density at radius 2 is 0.552 bits per heavy atom. The Morgan fingerprint density at radius 3 is 0.800 bits per heavy atom. The van der Waals surface area contributed by atoms with Crippen LogP contribution in [0.15, 0.2) is 133 Å². The maximum absolute atomic E-state index is 13.6. The molecule has 0 bridgehead atoms. The van der Waals surface area contributed by atoms with Gasteiger partial charge in [0.05, 0.1) is 46.7 Å². The van der Waals surface area contributed by atoms with E-state index in [1.165, 1.54) is 66.1 Å². The molecule has 8 aromatic carbocycles. The van der Waals surface area contributed by atoms with Gasteiger partial charge in [0.2, 0.25) is 0 Å². The number of phenolic OH excluding ortho intramolecular Hbond substituents is 2. The summed E-state index contributed by atoms with van der Waals surface area (Å²) in [6.07, 6.45) is 6.11. The van der Waals surface area contributed by atoms with Crippen LogP contribution in [0.5, 0.6) is 23.0 Å². The average Bonchev–Trinajstić information content (AvgIpc) is 1.61.